The quantitative estimate of drug-likeness (QED) is 0.844. The highest BCUT2D eigenvalue weighted by Gasteiger charge is 2.12. The molecule has 0 aliphatic carbocycles. The Morgan fingerprint density at radius 3 is 2.65 bits per heavy atom. The Morgan fingerprint density at radius 2 is 2.00 bits per heavy atom. The van der Waals surface area contributed by atoms with Crippen LogP contribution in [-0.2, 0) is 17.9 Å². The van der Waals surface area contributed by atoms with Crippen molar-refractivity contribution in [1.29, 1.82) is 0 Å². The Balaban J connectivity index is 2.15. The van der Waals surface area contributed by atoms with Crippen molar-refractivity contribution in [3.63, 3.8) is 0 Å². The molecule has 0 saturated carbocycles. The number of hydrogen-bond acceptors (Lipinski definition) is 4. The highest BCUT2D eigenvalue weighted by Crippen LogP contribution is 2.28. The zero-order chi connectivity index (χ0) is 14.4. The third kappa shape index (κ3) is 4.13. The number of benzene rings is 1. The summed E-state index contributed by atoms with van der Waals surface area (Å²) in [6.45, 7) is 6.88. The summed E-state index contributed by atoms with van der Waals surface area (Å²) in [5.41, 5.74) is 2.22. The van der Waals surface area contributed by atoms with Gasteiger partial charge >= 0.3 is 0 Å². The number of methoxy groups -OCH3 is 1. The van der Waals surface area contributed by atoms with Crippen molar-refractivity contribution >= 4 is 11.3 Å². The first-order valence-electron chi connectivity index (χ1n) is 6.94. The van der Waals surface area contributed by atoms with Gasteiger partial charge in [-0.1, -0.05) is 44.2 Å². The lowest BCUT2D eigenvalue weighted by molar-refractivity contribution is 0.181. The Labute approximate surface area is 125 Å². The largest absolute Gasteiger partial charge is 0.378 e. The molecule has 0 spiro atoms. The molecular weight excluding hydrogens is 268 g/mol. The van der Waals surface area contributed by atoms with Crippen LogP contribution in [0.1, 0.15) is 24.4 Å². The van der Waals surface area contributed by atoms with E-state index in [1.54, 1.807) is 18.4 Å². The molecule has 0 atom stereocenters. The fourth-order valence-corrected chi connectivity index (χ4v) is 2.99. The molecule has 1 aromatic carbocycles. The molecular formula is C16H22N2OS. The summed E-state index contributed by atoms with van der Waals surface area (Å²) in [6.07, 6.45) is 0. The fourth-order valence-electron chi connectivity index (χ4n) is 1.95. The molecule has 0 aliphatic rings. The standard InChI is InChI=1S/C16H22N2OS/c1-12(2)9-17-10-15-14(11-19-3)18-16(20-15)13-7-5-4-6-8-13/h4-8,12,17H,9-11H2,1-3H3. The number of ether oxygens (including phenoxy) is 1. The molecule has 0 amide bonds. The van der Waals surface area contributed by atoms with Crippen LogP contribution < -0.4 is 5.32 Å². The zero-order valence-electron chi connectivity index (χ0n) is 12.3. The maximum atomic E-state index is 5.26. The highest BCUT2D eigenvalue weighted by molar-refractivity contribution is 7.15. The van der Waals surface area contributed by atoms with Crippen molar-refractivity contribution in [2.75, 3.05) is 13.7 Å². The second-order valence-corrected chi connectivity index (χ2v) is 6.30. The Kier molecular flexibility index (Phi) is 5.71. The van der Waals surface area contributed by atoms with Gasteiger partial charge in [-0.25, -0.2) is 4.98 Å². The number of hydrogen-bond donors (Lipinski definition) is 1. The van der Waals surface area contributed by atoms with Crippen LogP contribution in [-0.4, -0.2) is 18.6 Å². The second kappa shape index (κ2) is 7.53. The normalized spacial score (nSPS) is 11.2. The molecule has 0 saturated heterocycles. The van der Waals surface area contributed by atoms with Gasteiger partial charge in [0.25, 0.3) is 0 Å². The van der Waals surface area contributed by atoms with Gasteiger partial charge in [-0.15, -0.1) is 11.3 Å². The lowest BCUT2D eigenvalue weighted by Gasteiger charge is -2.06. The minimum atomic E-state index is 0.571. The SMILES string of the molecule is COCc1nc(-c2ccccc2)sc1CNCC(C)C. The van der Waals surface area contributed by atoms with Crippen LogP contribution in [0.2, 0.25) is 0 Å². The van der Waals surface area contributed by atoms with E-state index in [0.29, 0.717) is 12.5 Å². The van der Waals surface area contributed by atoms with Crippen molar-refractivity contribution < 1.29 is 4.74 Å². The summed E-state index contributed by atoms with van der Waals surface area (Å²) in [5.74, 6) is 0.655. The first-order valence-corrected chi connectivity index (χ1v) is 7.76. The molecule has 1 aromatic heterocycles. The molecule has 0 bridgehead atoms. The second-order valence-electron chi connectivity index (χ2n) is 5.21. The van der Waals surface area contributed by atoms with Crippen LogP contribution in [0.4, 0.5) is 0 Å². The predicted molar refractivity (Wildman–Crippen MR) is 84.8 cm³/mol. The van der Waals surface area contributed by atoms with Crippen LogP contribution in [0.25, 0.3) is 10.6 Å². The van der Waals surface area contributed by atoms with Crippen molar-refractivity contribution in [1.82, 2.24) is 10.3 Å². The van der Waals surface area contributed by atoms with E-state index in [4.69, 9.17) is 9.72 Å². The van der Waals surface area contributed by atoms with Crippen molar-refractivity contribution in [2.45, 2.75) is 27.0 Å². The topological polar surface area (TPSA) is 34.1 Å². The van der Waals surface area contributed by atoms with E-state index < -0.39 is 0 Å². The fraction of sp³-hybridized carbons (Fsp3) is 0.438. The van der Waals surface area contributed by atoms with Gasteiger partial charge in [-0.05, 0) is 12.5 Å². The summed E-state index contributed by atoms with van der Waals surface area (Å²) in [6, 6.07) is 10.3. The molecule has 20 heavy (non-hydrogen) atoms. The number of aromatic nitrogens is 1. The highest BCUT2D eigenvalue weighted by atomic mass is 32.1. The van der Waals surface area contributed by atoms with Crippen LogP contribution >= 0.6 is 11.3 Å². The summed E-state index contributed by atoms with van der Waals surface area (Å²) in [4.78, 5) is 5.99. The zero-order valence-corrected chi connectivity index (χ0v) is 13.2. The van der Waals surface area contributed by atoms with Crippen LogP contribution in [0.3, 0.4) is 0 Å². The van der Waals surface area contributed by atoms with E-state index >= 15 is 0 Å². The van der Waals surface area contributed by atoms with Gasteiger partial charge in [0, 0.05) is 24.1 Å². The Morgan fingerprint density at radius 1 is 1.25 bits per heavy atom. The monoisotopic (exact) mass is 290 g/mol. The maximum Gasteiger partial charge on any atom is 0.124 e. The summed E-state index contributed by atoms with van der Waals surface area (Å²) in [5, 5.41) is 4.55. The van der Waals surface area contributed by atoms with E-state index in [-0.39, 0.29) is 0 Å². The van der Waals surface area contributed by atoms with Crippen LogP contribution in [0.15, 0.2) is 30.3 Å². The first-order chi connectivity index (χ1) is 9.70. The van der Waals surface area contributed by atoms with Gasteiger partial charge in [0.1, 0.15) is 5.01 Å². The van der Waals surface area contributed by atoms with Gasteiger partial charge in [0.2, 0.25) is 0 Å². The van der Waals surface area contributed by atoms with Gasteiger partial charge in [-0.3, -0.25) is 0 Å². The van der Waals surface area contributed by atoms with Gasteiger partial charge in [0.15, 0.2) is 0 Å². The van der Waals surface area contributed by atoms with Crippen LogP contribution in [0, 0.1) is 5.92 Å². The van der Waals surface area contributed by atoms with E-state index in [0.717, 1.165) is 23.8 Å². The molecule has 108 valence electrons. The van der Waals surface area contributed by atoms with Crippen molar-refractivity contribution in [2.24, 2.45) is 5.92 Å². The van der Waals surface area contributed by atoms with Gasteiger partial charge < -0.3 is 10.1 Å². The van der Waals surface area contributed by atoms with E-state index in [9.17, 15) is 0 Å². The van der Waals surface area contributed by atoms with E-state index in [2.05, 4.69) is 31.3 Å². The number of nitrogens with zero attached hydrogens (tertiary/aromatic N) is 1. The van der Waals surface area contributed by atoms with E-state index in [1.807, 2.05) is 18.2 Å². The lowest BCUT2D eigenvalue weighted by Crippen LogP contribution is -2.19. The minimum Gasteiger partial charge on any atom is -0.378 e. The molecule has 4 heteroatoms. The molecule has 0 aliphatic heterocycles. The predicted octanol–water partition coefficient (Wildman–Crippen LogP) is 3.70. The van der Waals surface area contributed by atoms with Crippen molar-refractivity contribution in [3.8, 4) is 10.6 Å². The van der Waals surface area contributed by atoms with Crippen molar-refractivity contribution in [3.05, 3.63) is 40.9 Å². The van der Waals surface area contributed by atoms with Gasteiger partial charge in [-0.2, -0.15) is 0 Å². The molecule has 1 heterocycles. The van der Waals surface area contributed by atoms with Crippen LogP contribution in [0.5, 0.6) is 0 Å². The molecule has 1 N–H and O–H groups in total. The number of rotatable bonds is 7. The lowest BCUT2D eigenvalue weighted by atomic mass is 10.2. The Hall–Kier alpha value is -1.23. The third-order valence-corrected chi connectivity index (χ3v) is 4.06. The van der Waals surface area contributed by atoms with E-state index in [1.165, 1.54) is 10.4 Å². The molecule has 0 fully saturated rings. The molecule has 2 aromatic rings. The minimum absolute atomic E-state index is 0.571. The molecule has 3 nitrogen and oxygen atoms in total. The average Bonchev–Trinajstić information content (AvgIpc) is 2.83. The molecule has 2 rings (SSSR count). The molecule has 0 radical (unpaired) electrons. The number of thiazole rings is 1. The molecule has 0 unspecified atom stereocenters. The summed E-state index contributed by atoms with van der Waals surface area (Å²) >= 11 is 1.75. The average molecular weight is 290 g/mol. The Bertz CT molecular complexity index is 523. The third-order valence-electron chi connectivity index (χ3n) is 2.92. The maximum absolute atomic E-state index is 5.26. The van der Waals surface area contributed by atoms with Gasteiger partial charge in [0.05, 0.1) is 12.3 Å². The first kappa shape index (κ1) is 15.2. The summed E-state index contributed by atoms with van der Waals surface area (Å²) in [7, 11) is 1.72. The summed E-state index contributed by atoms with van der Waals surface area (Å²) < 4.78 is 5.26. The number of nitrogens with one attached hydrogen (secondary N) is 1. The smallest absolute Gasteiger partial charge is 0.124 e.